The Morgan fingerprint density at radius 2 is 1.26 bits per heavy atom. The summed E-state index contributed by atoms with van der Waals surface area (Å²) in [6.07, 6.45) is 0.0256. The van der Waals surface area contributed by atoms with Gasteiger partial charge in [-0.05, 0) is 40.5 Å². The molecule has 0 aliphatic rings. The maximum Gasteiger partial charge on any atom is 0.310 e. The summed E-state index contributed by atoms with van der Waals surface area (Å²) in [6.45, 7) is 13.8. The number of carbonyl (C=O) groups is 2. The summed E-state index contributed by atoms with van der Waals surface area (Å²) in [5, 5.41) is 31.2. The van der Waals surface area contributed by atoms with Crippen LogP contribution in [0, 0.1) is 0 Å². The van der Waals surface area contributed by atoms with E-state index in [-0.39, 0.29) is 45.4 Å². The number of benzene rings is 2. The average molecular weight is 505 g/mol. The maximum atomic E-state index is 13.8. The molecule has 0 aliphatic heterocycles. The molecule has 2 aromatic carbocycles. The number of phenolic OH excluding ortho intramolecular Hbond substituents is 2. The highest BCUT2D eigenvalue weighted by atomic mass is 32.2. The lowest BCUT2D eigenvalue weighted by atomic mass is 9.85. The molecule has 8 heteroatoms. The Kier molecular flexibility index (Phi) is 8.76. The number of hydrogen-bond acceptors (Lipinski definition) is 6. The lowest BCUT2D eigenvalue weighted by Gasteiger charge is -2.24. The molecule has 0 unspecified atom stereocenters. The van der Waals surface area contributed by atoms with Crippen molar-refractivity contribution in [3.63, 3.8) is 0 Å². The summed E-state index contributed by atoms with van der Waals surface area (Å²) < 4.78 is 19.0. The van der Waals surface area contributed by atoms with E-state index < -0.39 is 40.0 Å². The molecule has 0 bridgehead atoms. The van der Waals surface area contributed by atoms with Gasteiger partial charge in [-0.15, -0.1) is 0 Å². The first-order chi connectivity index (χ1) is 16.1. The number of carboxylic acids is 1. The largest absolute Gasteiger partial charge is 0.506 e. The van der Waals surface area contributed by atoms with Crippen LogP contribution in [-0.4, -0.2) is 38.1 Å². The molecule has 0 amide bonds. The van der Waals surface area contributed by atoms with Crippen LogP contribution in [0.4, 0.5) is 0 Å². The van der Waals surface area contributed by atoms with Crippen molar-refractivity contribution in [2.75, 3.05) is 6.61 Å². The Balaban J connectivity index is 2.73. The van der Waals surface area contributed by atoms with Gasteiger partial charge in [-0.1, -0.05) is 60.6 Å². The molecule has 3 N–H and O–H groups in total. The number of rotatable bonds is 8. The van der Waals surface area contributed by atoms with Gasteiger partial charge in [0.05, 0.1) is 40.0 Å². The molecule has 0 saturated heterocycles. The zero-order valence-electron chi connectivity index (χ0n) is 21.5. The van der Waals surface area contributed by atoms with Crippen molar-refractivity contribution in [1.82, 2.24) is 0 Å². The van der Waals surface area contributed by atoms with Gasteiger partial charge in [-0.25, -0.2) is 4.21 Å². The lowest BCUT2D eigenvalue weighted by molar-refractivity contribution is -0.143. The molecule has 192 valence electrons. The van der Waals surface area contributed by atoms with Gasteiger partial charge in [0.2, 0.25) is 0 Å². The minimum Gasteiger partial charge on any atom is -0.506 e. The van der Waals surface area contributed by atoms with Gasteiger partial charge < -0.3 is 20.1 Å². The number of carbonyl (C=O) groups excluding carboxylic acids is 1. The van der Waals surface area contributed by atoms with Gasteiger partial charge in [0.1, 0.15) is 11.5 Å². The number of esters is 1. The van der Waals surface area contributed by atoms with Crippen LogP contribution in [0.2, 0.25) is 0 Å². The number of aromatic hydroxyl groups is 2. The second kappa shape index (κ2) is 10.8. The summed E-state index contributed by atoms with van der Waals surface area (Å²) in [5.41, 5.74) is 1.06. The maximum absolute atomic E-state index is 13.8. The number of carboxylic acid groups (broad SMARTS) is 1. The van der Waals surface area contributed by atoms with Crippen LogP contribution in [0.25, 0.3) is 0 Å². The van der Waals surface area contributed by atoms with Crippen molar-refractivity contribution in [3.05, 3.63) is 46.5 Å². The van der Waals surface area contributed by atoms with Gasteiger partial charge >= 0.3 is 11.9 Å². The van der Waals surface area contributed by atoms with Crippen molar-refractivity contribution in [2.24, 2.45) is 0 Å². The fourth-order valence-corrected chi connectivity index (χ4v) is 4.77. The standard InChI is InChI=1S/C27H36O7S/c1-8-9-34-23(30)13-17-11-19(27(5,6)7)15-21(25(17)32)35(33)20-14-18(26(2,3)4)10-16(24(20)31)12-22(28)29/h10-11,14-15,31-32H,8-9,12-13H2,1-7H3,(H,28,29)/t35-/m0/s1. The molecular formula is C27H36O7S. The Morgan fingerprint density at radius 1 is 0.829 bits per heavy atom. The molecule has 2 aromatic rings. The molecule has 0 heterocycles. The monoisotopic (exact) mass is 504 g/mol. The Morgan fingerprint density at radius 3 is 1.63 bits per heavy atom. The van der Waals surface area contributed by atoms with Gasteiger partial charge in [0.15, 0.2) is 0 Å². The molecule has 0 saturated carbocycles. The smallest absolute Gasteiger partial charge is 0.310 e. The third-order valence-corrected chi connectivity index (χ3v) is 7.00. The Bertz CT molecular complexity index is 1140. The van der Waals surface area contributed by atoms with Crippen LogP contribution in [0.3, 0.4) is 0 Å². The van der Waals surface area contributed by atoms with E-state index in [9.17, 15) is 29.1 Å². The minimum atomic E-state index is -2.06. The summed E-state index contributed by atoms with van der Waals surface area (Å²) in [5.74, 6) is -2.34. The van der Waals surface area contributed by atoms with E-state index in [1.807, 2.05) is 48.5 Å². The van der Waals surface area contributed by atoms with Gasteiger partial charge in [0, 0.05) is 11.1 Å². The molecule has 0 aliphatic carbocycles. The van der Waals surface area contributed by atoms with Crippen LogP contribution in [0.15, 0.2) is 34.1 Å². The number of phenols is 2. The van der Waals surface area contributed by atoms with Crippen LogP contribution in [0.1, 0.15) is 77.1 Å². The molecule has 0 aromatic heterocycles. The summed E-state index contributed by atoms with van der Waals surface area (Å²) >= 11 is 0. The van der Waals surface area contributed by atoms with Crippen LogP contribution in [0.5, 0.6) is 11.5 Å². The molecule has 7 nitrogen and oxygen atoms in total. The lowest BCUT2D eigenvalue weighted by Crippen LogP contribution is -2.16. The van der Waals surface area contributed by atoms with Gasteiger partial charge in [-0.3, -0.25) is 9.59 Å². The highest BCUT2D eigenvalue weighted by Crippen LogP contribution is 2.40. The second-order valence-corrected chi connectivity index (χ2v) is 12.1. The molecular weight excluding hydrogens is 468 g/mol. The van der Waals surface area contributed by atoms with Crippen LogP contribution < -0.4 is 0 Å². The Hall–Kier alpha value is -2.87. The topological polar surface area (TPSA) is 121 Å². The summed E-state index contributed by atoms with van der Waals surface area (Å²) in [6, 6.07) is 6.48. The zero-order chi connectivity index (χ0) is 26.7. The molecule has 0 radical (unpaired) electrons. The molecule has 1 atom stereocenters. The second-order valence-electron chi connectivity index (χ2n) is 10.7. The van der Waals surface area contributed by atoms with Crippen molar-refractivity contribution < 1.29 is 33.9 Å². The van der Waals surface area contributed by atoms with Crippen molar-refractivity contribution >= 4 is 22.7 Å². The fraction of sp³-hybridized carbons (Fsp3) is 0.481. The minimum absolute atomic E-state index is 0.00884. The van der Waals surface area contributed by atoms with Gasteiger partial charge in [0.25, 0.3) is 0 Å². The summed E-state index contributed by atoms with van der Waals surface area (Å²) in [4.78, 5) is 23.7. The zero-order valence-corrected chi connectivity index (χ0v) is 22.3. The van der Waals surface area contributed by atoms with Crippen molar-refractivity contribution in [1.29, 1.82) is 0 Å². The SMILES string of the molecule is CCCOC(=O)Cc1cc(C(C)(C)C)cc([S@@](=O)c2cc(C(C)(C)C)cc(CC(=O)O)c2O)c1O. The van der Waals surface area contributed by atoms with E-state index >= 15 is 0 Å². The quantitative estimate of drug-likeness (QED) is 0.433. The van der Waals surface area contributed by atoms with E-state index in [0.29, 0.717) is 12.0 Å². The average Bonchev–Trinajstić information content (AvgIpc) is 2.72. The van der Waals surface area contributed by atoms with Crippen molar-refractivity contribution in [2.45, 2.75) is 88.3 Å². The first-order valence-corrected chi connectivity index (χ1v) is 12.7. The van der Waals surface area contributed by atoms with Gasteiger partial charge in [-0.2, -0.15) is 0 Å². The fourth-order valence-electron chi connectivity index (χ4n) is 3.45. The number of ether oxygens (including phenoxy) is 1. The van der Waals surface area contributed by atoms with E-state index in [0.717, 1.165) is 5.56 Å². The van der Waals surface area contributed by atoms with E-state index in [1.54, 1.807) is 24.3 Å². The van der Waals surface area contributed by atoms with Crippen molar-refractivity contribution in [3.8, 4) is 11.5 Å². The third-order valence-electron chi connectivity index (χ3n) is 5.58. The van der Waals surface area contributed by atoms with Crippen LogP contribution in [-0.2, 0) is 48.8 Å². The van der Waals surface area contributed by atoms with E-state index in [2.05, 4.69) is 0 Å². The summed E-state index contributed by atoms with van der Waals surface area (Å²) in [7, 11) is -2.06. The highest BCUT2D eigenvalue weighted by Gasteiger charge is 2.27. The highest BCUT2D eigenvalue weighted by molar-refractivity contribution is 7.85. The molecule has 2 rings (SSSR count). The predicted octanol–water partition coefficient (Wildman–Crippen LogP) is 4.98. The number of aliphatic carboxylic acids is 1. The molecule has 35 heavy (non-hydrogen) atoms. The predicted molar refractivity (Wildman–Crippen MR) is 135 cm³/mol. The Labute approximate surface area is 209 Å². The normalized spacial score (nSPS) is 12.9. The molecule has 0 spiro atoms. The number of hydrogen-bond donors (Lipinski definition) is 3. The van der Waals surface area contributed by atoms with E-state index in [1.165, 1.54) is 0 Å². The first kappa shape index (κ1) is 28.4. The van der Waals surface area contributed by atoms with Crippen LogP contribution >= 0.6 is 0 Å². The first-order valence-electron chi connectivity index (χ1n) is 11.6. The molecule has 0 fully saturated rings. The van der Waals surface area contributed by atoms with E-state index in [4.69, 9.17) is 4.74 Å². The third kappa shape index (κ3) is 7.07.